The minimum atomic E-state index is -0.187. The minimum Gasteiger partial charge on any atom is -0.493 e. The molecule has 0 atom stereocenters. The van der Waals surface area contributed by atoms with Crippen molar-refractivity contribution >= 4 is 17.2 Å². The molecule has 3 rings (SSSR count). The number of aromatic nitrogens is 1. The molecule has 2 aromatic carbocycles. The van der Waals surface area contributed by atoms with E-state index in [1.807, 2.05) is 62.4 Å². The normalized spacial score (nSPS) is 10.7. The SMILES string of the molecule is COc1cc(-c2nc(C(=O)NCc3ccccc3)cs2)ccc1OC(C)C. The molecular weight excluding hydrogens is 360 g/mol. The molecule has 0 radical (unpaired) electrons. The van der Waals surface area contributed by atoms with Crippen molar-refractivity contribution in [3.8, 4) is 22.1 Å². The maximum atomic E-state index is 12.3. The molecule has 0 aliphatic rings. The molecule has 0 unspecified atom stereocenters. The molecule has 0 aliphatic carbocycles. The first-order valence-corrected chi connectivity index (χ1v) is 9.57. The van der Waals surface area contributed by atoms with Gasteiger partial charge in [-0.05, 0) is 37.6 Å². The molecule has 1 N–H and O–H groups in total. The van der Waals surface area contributed by atoms with Gasteiger partial charge in [0.05, 0.1) is 13.2 Å². The number of hydrogen-bond donors (Lipinski definition) is 1. The summed E-state index contributed by atoms with van der Waals surface area (Å²) in [5.74, 6) is 1.15. The molecule has 0 spiro atoms. The van der Waals surface area contributed by atoms with Crippen molar-refractivity contribution in [2.45, 2.75) is 26.5 Å². The van der Waals surface area contributed by atoms with Crippen LogP contribution < -0.4 is 14.8 Å². The Balaban J connectivity index is 1.72. The Hall–Kier alpha value is -2.86. The predicted molar refractivity (Wildman–Crippen MR) is 107 cm³/mol. The molecule has 0 aliphatic heterocycles. The third-order valence-electron chi connectivity index (χ3n) is 3.81. The summed E-state index contributed by atoms with van der Waals surface area (Å²) < 4.78 is 11.2. The molecule has 0 saturated heterocycles. The zero-order valence-corrected chi connectivity index (χ0v) is 16.4. The Labute approximate surface area is 163 Å². The number of hydrogen-bond acceptors (Lipinski definition) is 5. The van der Waals surface area contributed by atoms with E-state index in [2.05, 4.69) is 10.3 Å². The molecule has 3 aromatic rings. The van der Waals surface area contributed by atoms with Gasteiger partial charge in [-0.2, -0.15) is 0 Å². The van der Waals surface area contributed by atoms with Crippen LogP contribution in [0.2, 0.25) is 0 Å². The molecule has 0 bridgehead atoms. The lowest BCUT2D eigenvalue weighted by Gasteiger charge is -2.14. The van der Waals surface area contributed by atoms with Crippen molar-refractivity contribution in [3.63, 3.8) is 0 Å². The summed E-state index contributed by atoms with van der Waals surface area (Å²) in [6.45, 7) is 4.41. The van der Waals surface area contributed by atoms with Crippen LogP contribution in [0.25, 0.3) is 10.6 Å². The maximum Gasteiger partial charge on any atom is 0.271 e. The second kappa shape index (κ2) is 8.68. The van der Waals surface area contributed by atoms with Crippen molar-refractivity contribution in [1.29, 1.82) is 0 Å². The topological polar surface area (TPSA) is 60.5 Å². The van der Waals surface area contributed by atoms with E-state index in [0.29, 0.717) is 23.7 Å². The van der Waals surface area contributed by atoms with Crippen LogP contribution in [0.1, 0.15) is 29.9 Å². The third-order valence-corrected chi connectivity index (χ3v) is 4.70. The Bertz CT molecular complexity index is 907. The monoisotopic (exact) mass is 382 g/mol. The fourth-order valence-electron chi connectivity index (χ4n) is 2.53. The number of nitrogens with zero attached hydrogens (tertiary/aromatic N) is 1. The summed E-state index contributed by atoms with van der Waals surface area (Å²) in [5.41, 5.74) is 2.34. The maximum absolute atomic E-state index is 12.3. The lowest BCUT2D eigenvalue weighted by atomic mass is 10.2. The molecule has 1 amide bonds. The van der Waals surface area contributed by atoms with Crippen LogP contribution >= 0.6 is 11.3 Å². The molecule has 1 aromatic heterocycles. The van der Waals surface area contributed by atoms with Crippen LogP contribution in [-0.4, -0.2) is 24.1 Å². The first kappa shape index (κ1) is 18.9. The summed E-state index contributed by atoms with van der Waals surface area (Å²) in [6, 6.07) is 15.5. The van der Waals surface area contributed by atoms with Gasteiger partial charge >= 0.3 is 0 Å². The van der Waals surface area contributed by atoms with Crippen molar-refractivity contribution in [3.05, 3.63) is 65.2 Å². The van der Waals surface area contributed by atoms with E-state index in [4.69, 9.17) is 9.47 Å². The fraction of sp³-hybridized carbons (Fsp3) is 0.238. The quantitative estimate of drug-likeness (QED) is 0.652. The van der Waals surface area contributed by atoms with Gasteiger partial charge in [-0.25, -0.2) is 4.98 Å². The van der Waals surface area contributed by atoms with Gasteiger partial charge in [0, 0.05) is 17.5 Å². The molecule has 1 heterocycles. The van der Waals surface area contributed by atoms with Crippen LogP contribution in [0.5, 0.6) is 11.5 Å². The highest BCUT2D eigenvalue weighted by Crippen LogP contribution is 2.34. The average Bonchev–Trinajstić information content (AvgIpc) is 3.17. The lowest BCUT2D eigenvalue weighted by Crippen LogP contribution is -2.23. The van der Waals surface area contributed by atoms with E-state index >= 15 is 0 Å². The Morgan fingerprint density at radius 1 is 1.15 bits per heavy atom. The van der Waals surface area contributed by atoms with Gasteiger partial charge < -0.3 is 14.8 Å². The fourth-order valence-corrected chi connectivity index (χ4v) is 3.33. The van der Waals surface area contributed by atoms with Gasteiger partial charge in [0.2, 0.25) is 0 Å². The summed E-state index contributed by atoms with van der Waals surface area (Å²) in [4.78, 5) is 16.8. The average molecular weight is 382 g/mol. The summed E-state index contributed by atoms with van der Waals surface area (Å²) >= 11 is 1.42. The number of rotatable bonds is 7. The second-order valence-electron chi connectivity index (χ2n) is 6.24. The highest BCUT2D eigenvalue weighted by molar-refractivity contribution is 7.13. The van der Waals surface area contributed by atoms with Gasteiger partial charge in [0.25, 0.3) is 5.91 Å². The Kier molecular flexibility index (Phi) is 6.08. The van der Waals surface area contributed by atoms with Crippen molar-refractivity contribution < 1.29 is 14.3 Å². The molecule has 5 nitrogen and oxygen atoms in total. The van der Waals surface area contributed by atoms with Crippen LogP contribution in [0.15, 0.2) is 53.9 Å². The number of benzene rings is 2. The molecule has 140 valence electrons. The smallest absolute Gasteiger partial charge is 0.271 e. The van der Waals surface area contributed by atoms with E-state index in [0.717, 1.165) is 16.1 Å². The predicted octanol–water partition coefficient (Wildman–Crippen LogP) is 4.54. The van der Waals surface area contributed by atoms with E-state index < -0.39 is 0 Å². The van der Waals surface area contributed by atoms with Crippen LogP contribution in [0.4, 0.5) is 0 Å². The molecular formula is C21H22N2O3S. The van der Waals surface area contributed by atoms with Gasteiger partial charge in [-0.1, -0.05) is 30.3 Å². The minimum absolute atomic E-state index is 0.0597. The van der Waals surface area contributed by atoms with Crippen LogP contribution in [-0.2, 0) is 6.54 Å². The van der Waals surface area contributed by atoms with Crippen molar-refractivity contribution in [1.82, 2.24) is 10.3 Å². The second-order valence-corrected chi connectivity index (χ2v) is 7.10. The van der Waals surface area contributed by atoms with Gasteiger partial charge in [-0.3, -0.25) is 4.79 Å². The lowest BCUT2D eigenvalue weighted by molar-refractivity contribution is 0.0946. The van der Waals surface area contributed by atoms with E-state index in [1.54, 1.807) is 12.5 Å². The molecule has 6 heteroatoms. The summed E-state index contributed by atoms with van der Waals surface area (Å²) in [6.07, 6.45) is 0.0597. The van der Waals surface area contributed by atoms with Gasteiger partial charge in [0.1, 0.15) is 10.7 Å². The number of thiazole rings is 1. The Morgan fingerprint density at radius 2 is 1.93 bits per heavy atom. The number of ether oxygens (including phenoxy) is 2. The van der Waals surface area contributed by atoms with Crippen LogP contribution in [0, 0.1) is 0 Å². The van der Waals surface area contributed by atoms with Gasteiger partial charge in [-0.15, -0.1) is 11.3 Å². The number of methoxy groups -OCH3 is 1. The summed E-state index contributed by atoms with van der Waals surface area (Å²) in [7, 11) is 1.61. The third kappa shape index (κ3) is 4.86. The van der Waals surface area contributed by atoms with Crippen molar-refractivity contribution in [2.75, 3.05) is 7.11 Å². The van der Waals surface area contributed by atoms with Crippen LogP contribution in [0.3, 0.4) is 0 Å². The largest absolute Gasteiger partial charge is 0.493 e. The van der Waals surface area contributed by atoms with E-state index in [9.17, 15) is 4.79 Å². The first-order valence-electron chi connectivity index (χ1n) is 8.69. The van der Waals surface area contributed by atoms with Crippen molar-refractivity contribution in [2.24, 2.45) is 0 Å². The summed E-state index contributed by atoms with van der Waals surface area (Å²) in [5, 5.41) is 5.42. The number of carbonyl (C=O) groups is 1. The standard InChI is InChI=1S/C21H22N2O3S/c1-14(2)26-18-10-9-16(11-19(18)25-3)21-23-17(13-27-21)20(24)22-12-15-7-5-4-6-8-15/h4-11,13-14H,12H2,1-3H3,(H,22,24). The molecule has 0 fully saturated rings. The zero-order valence-electron chi connectivity index (χ0n) is 15.6. The first-order chi connectivity index (χ1) is 13.1. The molecule has 0 saturated carbocycles. The highest BCUT2D eigenvalue weighted by atomic mass is 32.1. The number of carbonyl (C=O) groups excluding carboxylic acids is 1. The Morgan fingerprint density at radius 3 is 2.63 bits per heavy atom. The number of nitrogens with one attached hydrogen (secondary N) is 1. The van der Waals surface area contributed by atoms with Gasteiger partial charge in [0.15, 0.2) is 11.5 Å². The molecule has 27 heavy (non-hydrogen) atoms. The highest BCUT2D eigenvalue weighted by Gasteiger charge is 2.14. The zero-order chi connectivity index (χ0) is 19.2. The van der Waals surface area contributed by atoms with E-state index in [-0.39, 0.29) is 12.0 Å². The van der Waals surface area contributed by atoms with E-state index in [1.165, 1.54) is 11.3 Å². The number of amides is 1.